The third-order valence-corrected chi connectivity index (χ3v) is 1.81. The van der Waals surface area contributed by atoms with E-state index in [0.29, 0.717) is 0 Å². The maximum absolute atomic E-state index is 8.61. The molecule has 0 amide bonds. The molecule has 5 heteroatoms. The van der Waals surface area contributed by atoms with Gasteiger partial charge in [-0.1, -0.05) is 0 Å². The zero-order valence-electron chi connectivity index (χ0n) is 9.02. The Morgan fingerprint density at radius 3 is 1.79 bits per heavy atom. The first-order valence-corrected chi connectivity index (χ1v) is 4.58. The van der Waals surface area contributed by atoms with Crippen molar-refractivity contribution in [2.75, 3.05) is 33.5 Å². The van der Waals surface area contributed by atoms with E-state index in [2.05, 4.69) is 0 Å². The Hall–Kier alpha value is -0.200. The number of aliphatic hydroxyl groups excluding tert-OH is 2. The molecular formula is C9H20O5. The highest BCUT2D eigenvalue weighted by Gasteiger charge is 2.30. The van der Waals surface area contributed by atoms with Crippen LogP contribution in [0.15, 0.2) is 0 Å². The van der Waals surface area contributed by atoms with Crippen LogP contribution in [0.25, 0.3) is 0 Å². The van der Waals surface area contributed by atoms with Gasteiger partial charge in [-0.15, -0.1) is 0 Å². The number of aliphatic hydroxyl groups is 2. The summed E-state index contributed by atoms with van der Waals surface area (Å²) >= 11 is 0. The van der Waals surface area contributed by atoms with Gasteiger partial charge in [0, 0.05) is 7.11 Å². The zero-order chi connectivity index (χ0) is 11.0. The van der Waals surface area contributed by atoms with E-state index in [-0.39, 0.29) is 26.4 Å². The van der Waals surface area contributed by atoms with E-state index >= 15 is 0 Å². The average Bonchev–Trinajstić information content (AvgIpc) is 2.17. The van der Waals surface area contributed by atoms with Crippen molar-refractivity contribution in [3.63, 3.8) is 0 Å². The van der Waals surface area contributed by atoms with E-state index in [1.807, 2.05) is 13.8 Å². The third kappa shape index (κ3) is 4.88. The summed E-state index contributed by atoms with van der Waals surface area (Å²) in [5, 5.41) is 17.2. The monoisotopic (exact) mass is 208 g/mol. The van der Waals surface area contributed by atoms with E-state index < -0.39 is 11.9 Å². The third-order valence-electron chi connectivity index (χ3n) is 1.81. The minimum absolute atomic E-state index is 0.0707. The second-order valence-corrected chi connectivity index (χ2v) is 3.33. The van der Waals surface area contributed by atoms with Gasteiger partial charge >= 0.3 is 0 Å². The summed E-state index contributed by atoms with van der Waals surface area (Å²) in [5.74, 6) is 0. The second kappa shape index (κ2) is 7.14. The van der Waals surface area contributed by atoms with Crippen molar-refractivity contribution in [1.29, 1.82) is 0 Å². The molecule has 0 saturated carbocycles. The first-order valence-electron chi connectivity index (χ1n) is 4.58. The molecule has 2 N–H and O–H groups in total. The van der Waals surface area contributed by atoms with Crippen LogP contribution in [0, 0.1) is 0 Å². The molecule has 0 aromatic rings. The van der Waals surface area contributed by atoms with Gasteiger partial charge < -0.3 is 24.4 Å². The molecule has 0 radical (unpaired) electrons. The van der Waals surface area contributed by atoms with Crippen molar-refractivity contribution in [2.45, 2.75) is 25.7 Å². The maximum atomic E-state index is 8.61. The number of hydrogen-bond donors (Lipinski definition) is 2. The Morgan fingerprint density at radius 1 is 1.07 bits per heavy atom. The molecule has 0 aromatic heterocycles. The molecule has 0 heterocycles. The van der Waals surface area contributed by atoms with Gasteiger partial charge in [0.2, 0.25) is 0 Å². The highest BCUT2D eigenvalue weighted by molar-refractivity contribution is 4.73. The lowest BCUT2D eigenvalue weighted by Crippen LogP contribution is -2.43. The quantitative estimate of drug-likeness (QED) is 0.539. The summed E-state index contributed by atoms with van der Waals surface area (Å²) in [6.07, 6.45) is -0.591. The maximum Gasteiger partial charge on any atom is 0.186 e. The van der Waals surface area contributed by atoms with Crippen LogP contribution in [0.2, 0.25) is 0 Å². The van der Waals surface area contributed by atoms with Gasteiger partial charge in [0.15, 0.2) is 6.29 Å². The summed E-state index contributed by atoms with van der Waals surface area (Å²) in [6, 6.07) is 0. The summed E-state index contributed by atoms with van der Waals surface area (Å²) in [4.78, 5) is 0. The van der Waals surface area contributed by atoms with Gasteiger partial charge in [0.25, 0.3) is 0 Å². The minimum Gasteiger partial charge on any atom is -0.394 e. The van der Waals surface area contributed by atoms with E-state index in [9.17, 15) is 0 Å². The Bertz CT molecular complexity index is 129. The normalized spacial score (nSPS) is 12.4. The molecule has 86 valence electrons. The first-order chi connectivity index (χ1) is 6.58. The Labute approximate surface area is 84.6 Å². The predicted molar refractivity (Wildman–Crippen MR) is 51.0 cm³/mol. The van der Waals surface area contributed by atoms with Crippen LogP contribution in [0.1, 0.15) is 13.8 Å². The molecule has 0 aromatic carbocycles. The van der Waals surface area contributed by atoms with E-state index in [1.54, 1.807) is 7.11 Å². The molecule has 0 aliphatic rings. The molecule has 0 spiro atoms. The fourth-order valence-electron chi connectivity index (χ4n) is 0.865. The molecule has 0 saturated heterocycles. The van der Waals surface area contributed by atoms with Crippen molar-refractivity contribution in [2.24, 2.45) is 0 Å². The molecule has 0 rings (SSSR count). The lowest BCUT2D eigenvalue weighted by molar-refractivity contribution is -0.239. The summed E-state index contributed by atoms with van der Waals surface area (Å²) in [5.41, 5.74) is -0.607. The zero-order valence-corrected chi connectivity index (χ0v) is 9.02. The lowest BCUT2D eigenvalue weighted by Gasteiger charge is -2.32. The highest BCUT2D eigenvalue weighted by Crippen LogP contribution is 2.17. The molecular weight excluding hydrogens is 188 g/mol. The number of ether oxygens (including phenoxy) is 3. The van der Waals surface area contributed by atoms with Crippen LogP contribution in [0.4, 0.5) is 0 Å². The molecule has 0 aliphatic carbocycles. The minimum atomic E-state index is -0.607. The molecule has 14 heavy (non-hydrogen) atoms. The van der Waals surface area contributed by atoms with Gasteiger partial charge in [-0.2, -0.15) is 0 Å². The van der Waals surface area contributed by atoms with E-state index in [4.69, 9.17) is 24.4 Å². The van der Waals surface area contributed by atoms with Crippen molar-refractivity contribution in [1.82, 2.24) is 0 Å². The van der Waals surface area contributed by atoms with Gasteiger partial charge in [-0.05, 0) is 13.8 Å². The fraction of sp³-hybridized carbons (Fsp3) is 1.00. The van der Waals surface area contributed by atoms with Crippen LogP contribution >= 0.6 is 0 Å². The average molecular weight is 208 g/mol. The van der Waals surface area contributed by atoms with Gasteiger partial charge in [-0.25, -0.2) is 0 Å². The SMILES string of the molecule is COC(C)(C)C(OCCO)OCCO. The topological polar surface area (TPSA) is 68.2 Å². The Balaban J connectivity index is 4.08. The summed E-state index contributed by atoms with van der Waals surface area (Å²) in [6.45, 7) is 3.85. The Morgan fingerprint density at radius 2 is 1.50 bits per heavy atom. The lowest BCUT2D eigenvalue weighted by atomic mass is 10.1. The van der Waals surface area contributed by atoms with Crippen LogP contribution in [0.3, 0.4) is 0 Å². The molecule has 5 nitrogen and oxygen atoms in total. The number of rotatable bonds is 8. The molecule has 0 aliphatic heterocycles. The summed E-state index contributed by atoms with van der Waals surface area (Å²) < 4.78 is 15.7. The van der Waals surface area contributed by atoms with Crippen LogP contribution in [-0.4, -0.2) is 55.6 Å². The fourth-order valence-corrected chi connectivity index (χ4v) is 0.865. The van der Waals surface area contributed by atoms with Gasteiger partial charge in [0.1, 0.15) is 5.60 Å². The van der Waals surface area contributed by atoms with Gasteiger partial charge in [-0.3, -0.25) is 0 Å². The van der Waals surface area contributed by atoms with E-state index in [1.165, 1.54) is 0 Å². The first kappa shape index (κ1) is 13.8. The smallest absolute Gasteiger partial charge is 0.186 e. The molecule has 0 fully saturated rings. The van der Waals surface area contributed by atoms with Crippen molar-refractivity contribution >= 4 is 0 Å². The van der Waals surface area contributed by atoms with Crippen LogP contribution in [0.5, 0.6) is 0 Å². The van der Waals surface area contributed by atoms with Crippen molar-refractivity contribution < 1.29 is 24.4 Å². The second-order valence-electron chi connectivity index (χ2n) is 3.33. The Kier molecular flexibility index (Phi) is 7.04. The molecule has 0 bridgehead atoms. The molecule has 0 unspecified atom stereocenters. The molecule has 0 atom stereocenters. The summed E-state index contributed by atoms with van der Waals surface area (Å²) in [7, 11) is 1.55. The number of hydrogen-bond acceptors (Lipinski definition) is 5. The van der Waals surface area contributed by atoms with Crippen LogP contribution in [-0.2, 0) is 14.2 Å². The van der Waals surface area contributed by atoms with Gasteiger partial charge in [0.05, 0.1) is 26.4 Å². The van der Waals surface area contributed by atoms with E-state index in [0.717, 1.165) is 0 Å². The van der Waals surface area contributed by atoms with Crippen molar-refractivity contribution in [3.05, 3.63) is 0 Å². The largest absolute Gasteiger partial charge is 0.394 e. The van der Waals surface area contributed by atoms with Crippen molar-refractivity contribution in [3.8, 4) is 0 Å². The standard InChI is InChI=1S/C9H20O5/c1-9(2,12-3)8(13-6-4-10)14-7-5-11/h8,10-11H,4-7H2,1-3H3. The number of methoxy groups -OCH3 is 1. The highest BCUT2D eigenvalue weighted by atomic mass is 16.7. The predicted octanol–water partition coefficient (Wildman–Crippen LogP) is -0.245. The van der Waals surface area contributed by atoms with Crippen LogP contribution < -0.4 is 0 Å².